The Hall–Kier alpha value is -0.620. The lowest BCUT2D eigenvalue weighted by Gasteiger charge is -2.31. The van der Waals surface area contributed by atoms with E-state index in [0.29, 0.717) is 24.1 Å². The van der Waals surface area contributed by atoms with Gasteiger partial charge < -0.3 is 10.2 Å². The number of likely N-dealkylation sites (tertiary alicyclic amines) is 1. The maximum Gasteiger partial charge on any atom is 0.239 e. The molecule has 4 atom stereocenters. The Morgan fingerprint density at radius 1 is 1.30 bits per heavy atom. The monoisotopic (exact) mass is 300 g/mol. The Kier molecular flexibility index (Phi) is 3.79. The molecule has 3 fully saturated rings. The molecule has 2 heterocycles. The van der Waals surface area contributed by atoms with Crippen LogP contribution in [0.1, 0.15) is 25.7 Å². The van der Waals surface area contributed by atoms with Crippen LogP contribution < -0.4 is 5.32 Å². The molecule has 0 aromatic carbocycles. The zero-order valence-corrected chi connectivity index (χ0v) is 12.9. The first-order valence-corrected chi connectivity index (χ1v) is 9.47. The molecule has 1 N–H and O–H groups in total. The number of hydrogen-bond acceptors (Lipinski definition) is 4. The van der Waals surface area contributed by atoms with Crippen molar-refractivity contribution in [3.8, 4) is 0 Å². The molecule has 6 heteroatoms. The highest BCUT2D eigenvalue weighted by Gasteiger charge is 2.45. The van der Waals surface area contributed by atoms with E-state index < -0.39 is 9.84 Å². The maximum absolute atomic E-state index is 12.5. The summed E-state index contributed by atoms with van der Waals surface area (Å²) in [6, 6.07) is -0.0762. The fourth-order valence-electron chi connectivity index (χ4n) is 3.80. The highest BCUT2D eigenvalue weighted by molar-refractivity contribution is 7.91. The second-order valence-corrected chi connectivity index (χ2v) is 8.93. The summed E-state index contributed by atoms with van der Waals surface area (Å²) in [6.07, 6.45) is 3.85. The number of sulfone groups is 1. The van der Waals surface area contributed by atoms with Crippen molar-refractivity contribution in [2.75, 3.05) is 31.6 Å². The molecule has 0 aromatic heterocycles. The number of nitrogens with zero attached hydrogens (tertiary/aromatic N) is 1. The Morgan fingerprint density at radius 3 is 2.80 bits per heavy atom. The van der Waals surface area contributed by atoms with Crippen LogP contribution in [0.2, 0.25) is 0 Å². The molecule has 3 aliphatic rings. The molecule has 4 unspecified atom stereocenters. The summed E-state index contributed by atoms with van der Waals surface area (Å²) < 4.78 is 23.5. The number of carbonyl (C=O) groups is 1. The van der Waals surface area contributed by atoms with E-state index in [0.717, 1.165) is 25.8 Å². The van der Waals surface area contributed by atoms with E-state index in [-0.39, 0.29) is 23.6 Å². The maximum atomic E-state index is 12.5. The van der Waals surface area contributed by atoms with Gasteiger partial charge in [-0.1, -0.05) is 0 Å². The SMILES string of the molecule is CNC1CC2CC2CN(CC2CCCS(=O)(=O)C2)C1=O. The molecule has 114 valence electrons. The van der Waals surface area contributed by atoms with E-state index in [4.69, 9.17) is 0 Å². The largest absolute Gasteiger partial charge is 0.341 e. The van der Waals surface area contributed by atoms with Crippen LogP contribution in [-0.4, -0.2) is 56.9 Å². The molecule has 0 aromatic rings. The van der Waals surface area contributed by atoms with Crippen molar-refractivity contribution < 1.29 is 13.2 Å². The van der Waals surface area contributed by atoms with Gasteiger partial charge in [-0.25, -0.2) is 8.42 Å². The predicted octanol–water partition coefficient (Wildman–Crippen LogP) is 0.268. The Labute approximate surface area is 121 Å². The summed E-state index contributed by atoms with van der Waals surface area (Å²) in [5, 5.41) is 3.12. The standard InChI is InChI=1S/C14H24N2O3S/c1-15-13-6-11-5-12(11)8-16(14(13)17)7-10-3-2-4-20(18,19)9-10/h10-13,15H,2-9H2,1H3. The van der Waals surface area contributed by atoms with Gasteiger partial charge in [0, 0.05) is 13.1 Å². The zero-order chi connectivity index (χ0) is 14.3. The van der Waals surface area contributed by atoms with E-state index in [1.54, 1.807) is 0 Å². The van der Waals surface area contributed by atoms with E-state index in [2.05, 4.69) is 5.32 Å². The molecule has 20 heavy (non-hydrogen) atoms. The van der Waals surface area contributed by atoms with Crippen LogP contribution in [0.5, 0.6) is 0 Å². The average molecular weight is 300 g/mol. The third-order valence-electron chi connectivity index (χ3n) is 5.06. The highest BCUT2D eigenvalue weighted by Crippen LogP contribution is 2.44. The Morgan fingerprint density at radius 2 is 2.10 bits per heavy atom. The van der Waals surface area contributed by atoms with E-state index in [1.807, 2.05) is 11.9 Å². The molecule has 5 nitrogen and oxygen atoms in total. The molecule has 1 amide bonds. The lowest BCUT2D eigenvalue weighted by molar-refractivity contribution is -0.133. The number of fused-ring (bicyclic) bond motifs is 1. The molecule has 2 aliphatic heterocycles. The van der Waals surface area contributed by atoms with Crippen molar-refractivity contribution in [1.82, 2.24) is 10.2 Å². The summed E-state index contributed by atoms with van der Waals surface area (Å²) >= 11 is 0. The van der Waals surface area contributed by atoms with Crippen LogP contribution in [0.4, 0.5) is 0 Å². The van der Waals surface area contributed by atoms with E-state index in [9.17, 15) is 13.2 Å². The minimum atomic E-state index is -2.89. The van der Waals surface area contributed by atoms with Crippen LogP contribution in [0.3, 0.4) is 0 Å². The summed E-state index contributed by atoms with van der Waals surface area (Å²) in [5.74, 6) is 2.22. The number of rotatable bonds is 3. The Balaban J connectivity index is 1.67. The van der Waals surface area contributed by atoms with Crippen molar-refractivity contribution in [3.63, 3.8) is 0 Å². The van der Waals surface area contributed by atoms with Crippen LogP contribution >= 0.6 is 0 Å². The molecule has 0 radical (unpaired) electrons. The van der Waals surface area contributed by atoms with Crippen molar-refractivity contribution in [2.24, 2.45) is 17.8 Å². The minimum absolute atomic E-state index is 0.0762. The molecule has 1 saturated carbocycles. The van der Waals surface area contributed by atoms with Gasteiger partial charge in [0.15, 0.2) is 9.84 Å². The van der Waals surface area contributed by atoms with Crippen molar-refractivity contribution in [1.29, 1.82) is 0 Å². The number of likely N-dealkylation sites (N-methyl/N-ethyl adjacent to an activating group) is 1. The van der Waals surface area contributed by atoms with Gasteiger partial charge in [-0.2, -0.15) is 0 Å². The smallest absolute Gasteiger partial charge is 0.239 e. The van der Waals surface area contributed by atoms with Gasteiger partial charge >= 0.3 is 0 Å². The lowest BCUT2D eigenvalue weighted by atomic mass is 10.0. The fraction of sp³-hybridized carbons (Fsp3) is 0.929. The van der Waals surface area contributed by atoms with Gasteiger partial charge in [-0.15, -0.1) is 0 Å². The van der Waals surface area contributed by atoms with Gasteiger partial charge in [-0.05, 0) is 50.5 Å². The molecule has 3 rings (SSSR count). The molecular weight excluding hydrogens is 276 g/mol. The van der Waals surface area contributed by atoms with Crippen LogP contribution in [0.15, 0.2) is 0 Å². The highest BCUT2D eigenvalue weighted by atomic mass is 32.2. The zero-order valence-electron chi connectivity index (χ0n) is 12.0. The van der Waals surface area contributed by atoms with Crippen LogP contribution in [0, 0.1) is 17.8 Å². The first-order chi connectivity index (χ1) is 9.48. The first kappa shape index (κ1) is 14.3. The van der Waals surface area contributed by atoms with Crippen LogP contribution in [0.25, 0.3) is 0 Å². The summed E-state index contributed by atoms with van der Waals surface area (Å²) in [4.78, 5) is 14.4. The minimum Gasteiger partial charge on any atom is -0.341 e. The average Bonchev–Trinajstić information content (AvgIpc) is 3.11. The normalized spacial score (nSPS) is 40.0. The van der Waals surface area contributed by atoms with Gasteiger partial charge in [0.2, 0.25) is 5.91 Å². The molecule has 0 spiro atoms. The van der Waals surface area contributed by atoms with Gasteiger partial charge in [0.05, 0.1) is 17.5 Å². The molecule has 0 bridgehead atoms. The van der Waals surface area contributed by atoms with Gasteiger partial charge in [-0.3, -0.25) is 4.79 Å². The van der Waals surface area contributed by atoms with E-state index >= 15 is 0 Å². The molecule has 2 saturated heterocycles. The number of hydrogen-bond donors (Lipinski definition) is 1. The summed E-state index contributed by atoms with van der Waals surface area (Å²) in [7, 11) is -1.04. The predicted molar refractivity (Wildman–Crippen MR) is 77.0 cm³/mol. The second-order valence-electron chi connectivity index (χ2n) is 6.70. The number of nitrogens with one attached hydrogen (secondary N) is 1. The fourth-order valence-corrected chi connectivity index (χ4v) is 5.56. The first-order valence-electron chi connectivity index (χ1n) is 7.65. The molecule has 1 aliphatic carbocycles. The topological polar surface area (TPSA) is 66.5 Å². The Bertz CT molecular complexity index is 491. The van der Waals surface area contributed by atoms with Crippen LogP contribution in [-0.2, 0) is 14.6 Å². The summed E-state index contributed by atoms with van der Waals surface area (Å²) in [6.45, 7) is 1.46. The number of carbonyl (C=O) groups excluding carboxylic acids is 1. The second kappa shape index (κ2) is 5.30. The van der Waals surface area contributed by atoms with Gasteiger partial charge in [0.25, 0.3) is 0 Å². The summed E-state index contributed by atoms with van der Waals surface area (Å²) in [5.41, 5.74) is 0. The van der Waals surface area contributed by atoms with Crippen molar-refractivity contribution in [2.45, 2.75) is 31.7 Å². The quantitative estimate of drug-likeness (QED) is 0.812. The lowest BCUT2D eigenvalue weighted by Crippen LogP contribution is -2.47. The third-order valence-corrected chi connectivity index (χ3v) is 6.95. The van der Waals surface area contributed by atoms with Crippen molar-refractivity contribution in [3.05, 3.63) is 0 Å². The molecular formula is C14H24N2O3S. The van der Waals surface area contributed by atoms with Gasteiger partial charge in [0.1, 0.15) is 0 Å². The number of amides is 1. The van der Waals surface area contributed by atoms with E-state index in [1.165, 1.54) is 6.42 Å². The third kappa shape index (κ3) is 3.01. The van der Waals surface area contributed by atoms with Crippen molar-refractivity contribution >= 4 is 15.7 Å².